The van der Waals surface area contributed by atoms with Crippen molar-refractivity contribution in [2.75, 3.05) is 0 Å². The second kappa shape index (κ2) is 9.99. The fourth-order valence-corrected chi connectivity index (χ4v) is 2.62. The van der Waals surface area contributed by atoms with E-state index in [-0.39, 0.29) is 5.91 Å². The molecule has 0 saturated heterocycles. The van der Waals surface area contributed by atoms with Crippen LogP contribution in [0.25, 0.3) is 0 Å². The van der Waals surface area contributed by atoms with Gasteiger partial charge in [-0.25, -0.2) is 5.43 Å². The average Bonchev–Trinajstić information content (AvgIpc) is 2.45. The molecule has 0 aromatic carbocycles. The van der Waals surface area contributed by atoms with Crippen molar-refractivity contribution in [3.05, 3.63) is 0 Å². The van der Waals surface area contributed by atoms with Gasteiger partial charge in [0.05, 0.1) is 0 Å². The Hall–Kier alpha value is -0.860. The van der Waals surface area contributed by atoms with Crippen LogP contribution in [0.3, 0.4) is 0 Å². The second-order valence-electron chi connectivity index (χ2n) is 5.73. The van der Waals surface area contributed by atoms with Gasteiger partial charge in [-0.2, -0.15) is 5.10 Å². The number of unbranched alkanes of at least 4 members (excludes halogenated alkanes) is 4. The van der Waals surface area contributed by atoms with Gasteiger partial charge in [-0.1, -0.05) is 46.0 Å². The Bertz CT molecular complexity index is 276. The van der Waals surface area contributed by atoms with Crippen LogP contribution in [-0.2, 0) is 4.79 Å². The molecule has 1 aliphatic rings. The highest BCUT2D eigenvalue weighted by Gasteiger charge is 2.15. The number of carbonyl (C=O) groups excluding carboxylic acids is 1. The van der Waals surface area contributed by atoms with E-state index in [0.29, 0.717) is 6.42 Å². The largest absolute Gasteiger partial charge is 0.273 e. The number of carbonyl (C=O) groups is 1. The summed E-state index contributed by atoms with van der Waals surface area (Å²) in [5, 5.41) is 4.28. The number of amides is 1. The van der Waals surface area contributed by atoms with Gasteiger partial charge in [0.2, 0.25) is 5.91 Å². The molecule has 0 spiro atoms. The summed E-state index contributed by atoms with van der Waals surface area (Å²) in [6, 6.07) is 0. The summed E-state index contributed by atoms with van der Waals surface area (Å²) in [5.74, 6) is 0.954. The Morgan fingerprint density at radius 2 is 1.84 bits per heavy atom. The quantitative estimate of drug-likeness (QED) is 0.513. The normalized spacial score (nSPS) is 19.3. The topological polar surface area (TPSA) is 41.5 Å². The number of hydrogen-bond acceptors (Lipinski definition) is 2. The molecule has 1 saturated carbocycles. The van der Waals surface area contributed by atoms with E-state index in [0.717, 1.165) is 31.6 Å². The Morgan fingerprint density at radius 1 is 1.16 bits per heavy atom. The third kappa shape index (κ3) is 7.34. The first-order valence-electron chi connectivity index (χ1n) is 8.10. The van der Waals surface area contributed by atoms with Crippen molar-refractivity contribution in [2.24, 2.45) is 11.0 Å². The van der Waals surface area contributed by atoms with Crippen LogP contribution in [0.1, 0.15) is 84.5 Å². The van der Waals surface area contributed by atoms with E-state index in [1.54, 1.807) is 0 Å². The first kappa shape index (κ1) is 16.2. The van der Waals surface area contributed by atoms with Crippen molar-refractivity contribution >= 4 is 11.6 Å². The van der Waals surface area contributed by atoms with E-state index < -0.39 is 0 Å². The molecule has 0 aliphatic heterocycles. The van der Waals surface area contributed by atoms with Gasteiger partial charge in [0, 0.05) is 12.1 Å². The van der Waals surface area contributed by atoms with Gasteiger partial charge in [-0.15, -0.1) is 0 Å². The van der Waals surface area contributed by atoms with Crippen molar-refractivity contribution in [1.29, 1.82) is 0 Å². The summed E-state index contributed by atoms with van der Waals surface area (Å²) in [5.41, 5.74) is 3.91. The lowest BCUT2D eigenvalue weighted by Crippen LogP contribution is -2.21. The van der Waals surface area contributed by atoms with Crippen molar-refractivity contribution < 1.29 is 4.79 Å². The molecular weight excluding hydrogens is 236 g/mol. The van der Waals surface area contributed by atoms with Crippen LogP contribution in [0.4, 0.5) is 0 Å². The zero-order chi connectivity index (χ0) is 13.9. The minimum absolute atomic E-state index is 0.0848. The highest BCUT2D eigenvalue weighted by Crippen LogP contribution is 2.24. The van der Waals surface area contributed by atoms with E-state index in [9.17, 15) is 4.79 Å². The highest BCUT2D eigenvalue weighted by molar-refractivity contribution is 5.86. The summed E-state index contributed by atoms with van der Waals surface area (Å²) in [7, 11) is 0. The maximum absolute atomic E-state index is 11.6. The van der Waals surface area contributed by atoms with Gasteiger partial charge in [0.25, 0.3) is 0 Å². The fraction of sp³-hybridized carbons (Fsp3) is 0.875. The van der Waals surface area contributed by atoms with Crippen molar-refractivity contribution in [1.82, 2.24) is 5.43 Å². The maximum Gasteiger partial charge on any atom is 0.240 e. The minimum atomic E-state index is 0.0848. The Balaban J connectivity index is 2.09. The number of rotatable bonds is 8. The summed E-state index contributed by atoms with van der Waals surface area (Å²) in [6.45, 7) is 4.46. The number of hydrazone groups is 1. The summed E-state index contributed by atoms with van der Waals surface area (Å²) < 4.78 is 0. The van der Waals surface area contributed by atoms with Gasteiger partial charge < -0.3 is 0 Å². The number of hydrogen-bond donors (Lipinski definition) is 1. The summed E-state index contributed by atoms with van der Waals surface area (Å²) in [4.78, 5) is 11.6. The predicted molar refractivity (Wildman–Crippen MR) is 81.2 cm³/mol. The molecule has 0 heterocycles. The van der Waals surface area contributed by atoms with Crippen LogP contribution in [0, 0.1) is 5.92 Å². The van der Waals surface area contributed by atoms with Crippen LogP contribution in [0.15, 0.2) is 5.10 Å². The van der Waals surface area contributed by atoms with E-state index in [1.807, 2.05) is 0 Å². The maximum atomic E-state index is 11.6. The predicted octanol–water partition coefficient (Wildman–Crippen LogP) is 4.42. The molecule has 0 unspecified atom stereocenters. The second-order valence-corrected chi connectivity index (χ2v) is 5.73. The zero-order valence-electron chi connectivity index (χ0n) is 12.7. The average molecular weight is 266 g/mol. The third-order valence-electron chi connectivity index (χ3n) is 4.11. The molecule has 110 valence electrons. The molecule has 0 radical (unpaired) electrons. The minimum Gasteiger partial charge on any atom is -0.273 e. The lowest BCUT2D eigenvalue weighted by molar-refractivity contribution is -0.121. The molecule has 1 aliphatic carbocycles. The molecule has 0 atom stereocenters. The van der Waals surface area contributed by atoms with E-state index >= 15 is 0 Å². The van der Waals surface area contributed by atoms with E-state index in [4.69, 9.17) is 0 Å². The van der Waals surface area contributed by atoms with Crippen LogP contribution in [0.5, 0.6) is 0 Å². The SMILES string of the molecule is CCCCCCCC(=O)NN=C1CCC(CC)CC1. The fourth-order valence-electron chi connectivity index (χ4n) is 2.62. The van der Waals surface area contributed by atoms with Gasteiger partial charge in [0.1, 0.15) is 0 Å². The molecule has 0 aromatic rings. The smallest absolute Gasteiger partial charge is 0.240 e. The summed E-state index contributed by atoms with van der Waals surface area (Å²) in [6.07, 6.45) is 12.4. The molecule has 19 heavy (non-hydrogen) atoms. The van der Waals surface area contributed by atoms with Crippen LogP contribution >= 0.6 is 0 Å². The zero-order valence-corrected chi connectivity index (χ0v) is 12.7. The van der Waals surface area contributed by atoms with Gasteiger partial charge in [-0.05, 0) is 38.0 Å². The van der Waals surface area contributed by atoms with Gasteiger partial charge in [-0.3, -0.25) is 4.79 Å². The Labute approximate surface area is 118 Å². The molecule has 1 amide bonds. The molecular formula is C16H30N2O. The third-order valence-corrected chi connectivity index (χ3v) is 4.11. The van der Waals surface area contributed by atoms with E-state index in [2.05, 4.69) is 24.4 Å². The molecule has 1 N–H and O–H groups in total. The molecule has 1 fully saturated rings. The van der Waals surface area contributed by atoms with E-state index in [1.165, 1.54) is 44.2 Å². The molecule has 3 heteroatoms. The number of nitrogens with one attached hydrogen (secondary N) is 1. The molecule has 1 rings (SSSR count). The van der Waals surface area contributed by atoms with Crippen LogP contribution in [0.2, 0.25) is 0 Å². The van der Waals surface area contributed by atoms with Gasteiger partial charge >= 0.3 is 0 Å². The first-order chi connectivity index (χ1) is 9.26. The molecule has 0 aromatic heterocycles. The molecule has 0 bridgehead atoms. The van der Waals surface area contributed by atoms with Gasteiger partial charge in [0.15, 0.2) is 0 Å². The summed E-state index contributed by atoms with van der Waals surface area (Å²) >= 11 is 0. The standard InChI is InChI=1S/C16H30N2O/c1-3-5-6-7-8-9-16(19)18-17-15-12-10-14(4-2)11-13-15/h14H,3-13H2,1-2H3,(H,18,19). The first-order valence-corrected chi connectivity index (χ1v) is 8.10. The van der Waals surface area contributed by atoms with Crippen LogP contribution < -0.4 is 5.43 Å². The lowest BCUT2D eigenvalue weighted by Gasteiger charge is -2.21. The monoisotopic (exact) mass is 266 g/mol. The lowest BCUT2D eigenvalue weighted by atomic mass is 9.86. The van der Waals surface area contributed by atoms with Crippen molar-refractivity contribution in [2.45, 2.75) is 84.5 Å². The van der Waals surface area contributed by atoms with Crippen LogP contribution in [-0.4, -0.2) is 11.6 Å². The van der Waals surface area contributed by atoms with Crippen molar-refractivity contribution in [3.8, 4) is 0 Å². The number of nitrogens with zero attached hydrogens (tertiary/aromatic N) is 1. The highest BCUT2D eigenvalue weighted by atomic mass is 16.2. The Morgan fingerprint density at radius 3 is 2.47 bits per heavy atom. The molecule has 3 nitrogen and oxygen atoms in total. The Kier molecular flexibility index (Phi) is 8.52. The van der Waals surface area contributed by atoms with Crippen molar-refractivity contribution in [3.63, 3.8) is 0 Å².